The van der Waals surface area contributed by atoms with Crippen LogP contribution in [0.2, 0.25) is 0 Å². The van der Waals surface area contributed by atoms with E-state index < -0.39 is 5.97 Å². The van der Waals surface area contributed by atoms with E-state index in [9.17, 15) is 9.59 Å². The Labute approximate surface area is 222 Å². The monoisotopic (exact) mass is 514 g/mol. The summed E-state index contributed by atoms with van der Waals surface area (Å²) in [5.74, 6) is 0.642. The molecule has 2 aromatic rings. The molecule has 3 rings (SSSR count). The first kappa shape index (κ1) is 29.1. The van der Waals surface area contributed by atoms with E-state index >= 15 is 0 Å². The lowest BCUT2D eigenvalue weighted by Gasteiger charge is -2.24. The first-order chi connectivity index (χ1) is 17.8. The van der Waals surface area contributed by atoms with E-state index in [4.69, 9.17) is 9.47 Å². The Morgan fingerprint density at radius 3 is 2.32 bits per heavy atom. The quantitative estimate of drug-likeness (QED) is 0.253. The number of fused-ring (bicyclic) bond motifs is 1. The summed E-state index contributed by atoms with van der Waals surface area (Å²) < 4.78 is 12.4. The molecule has 1 amide bonds. The van der Waals surface area contributed by atoms with E-state index in [-0.39, 0.29) is 12.5 Å². The first-order valence-corrected chi connectivity index (χ1v) is 14.0. The molecule has 0 unspecified atom stereocenters. The molecule has 0 spiro atoms. The maximum atomic E-state index is 13.6. The van der Waals surface area contributed by atoms with Crippen molar-refractivity contribution in [2.75, 3.05) is 53.0 Å². The normalized spacial score (nSPS) is 14.2. The molecule has 3 heterocycles. The van der Waals surface area contributed by atoms with Gasteiger partial charge < -0.3 is 23.7 Å². The molecular weight excluding hydrogens is 468 g/mol. The zero-order valence-corrected chi connectivity index (χ0v) is 23.5. The molecule has 8 heteroatoms. The van der Waals surface area contributed by atoms with Crippen LogP contribution in [-0.2, 0) is 15.9 Å². The molecular formula is C29H46N4O4. The van der Waals surface area contributed by atoms with Gasteiger partial charge in [0.25, 0.3) is 5.91 Å². The highest BCUT2D eigenvalue weighted by Gasteiger charge is 2.23. The van der Waals surface area contributed by atoms with Crippen molar-refractivity contribution in [1.82, 2.24) is 19.2 Å². The third kappa shape index (κ3) is 8.54. The van der Waals surface area contributed by atoms with E-state index in [2.05, 4.69) is 37.6 Å². The summed E-state index contributed by atoms with van der Waals surface area (Å²) in [5.41, 5.74) is 2.42. The van der Waals surface area contributed by atoms with Crippen molar-refractivity contribution in [3.8, 4) is 0 Å². The number of aryl methyl sites for hydroxylation is 1. The first-order valence-electron chi connectivity index (χ1n) is 14.0. The van der Waals surface area contributed by atoms with Crippen molar-refractivity contribution in [3.05, 3.63) is 35.3 Å². The van der Waals surface area contributed by atoms with Crippen LogP contribution in [0.25, 0.3) is 5.65 Å². The largest absolute Gasteiger partial charge is 0.458 e. The third-order valence-corrected chi connectivity index (χ3v) is 7.00. The van der Waals surface area contributed by atoms with Gasteiger partial charge in [0, 0.05) is 26.4 Å². The van der Waals surface area contributed by atoms with Crippen LogP contribution >= 0.6 is 0 Å². The second-order valence-electron chi connectivity index (χ2n) is 11.0. The summed E-state index contributed by atoms with van der Waals surface area (Å²) >= 11 is 0. The van der Waals surface area contributed by atoms with Gasteiger partial charge in [-0.05, 0) is 82.1 Å². The number of imidazole rings is 1. The number of aromatic nitrogens is 2. The van der Waals surface area contributed by atoms with Crippen LogP contribution < -0.4 is 0 Å². The highest BCUT2D eigenvalue weighted by Crippen LogP contribution is 2.20. The number of ether oxygens (including phenoxy) is 2. The lowest BCUT2D eigenvalue weighted by molar-refractivity contribution is 0.0381. The van der Waals surface area contributed by atoms with Crippen LogP contribution in [0.5, 0.6) is 0 Å². The molecule has 1 saturated heterocycles. The lowest BCUT2D eigenvalue weighted by Crippen LogP contribution is -2.34. The Kier molecular flexibility index (Phi) is 11.4. The summed E-state index contributed by atoms with van der Waals surface area (Å²) in [7, 11) is 1.58. The number of hydrogen-bond donors (Lipinski definition) is 0. The summed E-state index contributed by atoms with van der Waals surface area (Å²) in [6.45, 7) is 14.0. The summed E-state index contributed by atoms with van der Waals surface area (Å²) in [5, 5.41) is 0. The van der Waals surface area contributed by atoms with Gasteiger partial charge in [0.05, 0.1) is 17.9 Å². The summed E-state index contributed by atoms with van der Waals surface area (Å²) in [4.78, 5) is 35.6. The Morgan fingerprint density at radius 1 is 1.03 bits per heavy atom. The second-order valence-corrected chi connectivity index (χ2v) is 11.0. The van der Waals surface area contributed by atoms with E-state index in [1.54, 1.807) is 7.11 Å². The lowest BCUT2D eigenvalue weighted by atomic mass is 10.1. The van der Waals surface area contributed by atoms with Gasteiger partial charge in [-0.15, -0.1) is 0 Å². The van der Waals surface area contributed by atoms with Gasteiger partial charge in [-0.1, -0.05) is 27.7 Å². The van der Waals surface area contributed by atoms with Crippen LogP contribution in [-0.4, -0.2) is 84.1 Å². The number of methoxy groups -OCH3 is 1. The van der Waals surface area contributed by atoms with Gasteiger partial charge in [-0.3, -0.25) is 4.79 Å². The van der Waals surface area contributed by atoms with Crippen molar-refractivity contribution < 1.29 is 19.1 Å². The predicted molar refractivity (Wildman–Crippen MR) is 146 cm³/mol. The number of amides is 1. The standard InChI is InChI=1S/C29H46N4O4/c1-22(2)12-17-32(18-13-23(3)4)28(34)24-10-11-26-30-27(29(35)37-20-19-36-5)25(33(26)21-24)9-8-16-31-14-6-7-15-31/h10-11,21-23H,6-9,12-20H2,1-5H3. The van der Waals surface area contributed by atoms with E-state index in [0.29, 0.717) is 41.8 Å². The molecule has 0 saturated carbocycles. The number of nitrogens with zero attached hydrogens (tertiary/aromatic N) is 4. The molecule has 0 aromatic carbocycles. The zero-order valence-electron chi connectivity index (χ0n) is 23.5. The fourth-order valence-electron chi connectivity index (χ4n) is 4.71. The van der Waals surface area contributed by atoms with Gasteiger partial charge in [0.2, 0.25) is 0 Å². The van der Waals surface area contributed by atoms with Gasteiger partial charge in [0.1, 0.15) is 12.3 Å². The molecule has 1 fully saturated rings. The average Bonchev–Trinajstić information content (AvgIpc) is 3.51. The van der Waals surface area contributed by atoms with Crippen molar-refractivity contribution in [2.24, 2.45) is 11.8 Å². The number of rotatable bonds is 15. The van der Waals surface area contributed by atoms with Gasteiger partial charge in [-0.25, -0.2) is 9.78 Å². The number of likely N-dealkylation sites (tertiary alicyclic amines) is 1. The minimum Gasteiger partial charge on any atom is -0.458 e. The van der Waals surface area contributed by atoms with Crippen molar-refractivity contribution in [2.45, 2.75) is 66.2 Å². The van der Waals surface area contributed by atoms with Gasteiger partial charge >= 0.3 is 5.97 Å². The number of carbonyl (C=O) groups excluding carboxylic acids is 2. The number of pyridine rings is 1. The van der Waals surface area contributed by atoms with E-state index in [0.717, 1.165) is 57.7 Å². The maximum absolute atomic E-state index is 13.6. The molecule has 1 aliphatic rings. The van der Waals surface area contributed by atoms with Crippen LogP contribution in [0.15, 0.2) is 18.3 Å². The highest BCUT2D eigenvalue weighted by atomic mass is 16.6. The Balaban J connectivity index is 1.87. The smallest absolute Gasteiger partial charge is 0.358 e. The topological polar surface area (TPSA) is 76.4 Å². The number of esters is 1. The van der Waals surface area contributed by atoms with Crippen LogP contribution in [0.1, 0.15) is 86.3 Å². The minimum absolute atomic E-state index is 0.0316. The molecule has 37 heavy (non-hydrogen) atoms. The maximum Gasteiger partial charge on any atom is 0.358 e. The number of hydrogen-bond acceptors (Lipinski definition) is 6. The molecule has 2 aromatic heterocycles. The van der Waals surface area contributed by atoms with Crippen LogP contribution in [0, 0.1) is 11.8 Å². The average molecular weight is 515 g/mol. The fraction of sp³-hybridized carbons (Fsp3) is 0.690. The van der Waals surface area contributed by atoms with E-state index in [1.165, 1.54) is 12.8 Å². The van der Waals surface area contributed by atoms with Gasteiger partial charge in [0.15, 0.2) is 5.69 Å². The van der Waals surface area contributed by atoms with Crippen molar-refractivity contribution >= 4 is 17.5 Å². The Bertz CT molecular complexity index is 999. The molecule has 0 N–H and O–H groups in total. The second kappa shape index (κ2) is 14.5. The van der Waals surface area contributed by atoms with E-state index in [1.807, 2.05) is 27.6 Å². The van der Waals surface area contributed by atoms with Gasteiger partial charge in [-0.2, -0.15) is 0 Å². The number of carbonyl (C=O) groups is 2. The zero-order chi connectivity index (χ0) is 26.8. The predicted octanol–water partition coefficient (Wildman–Crippen LogP) is 4.70. The fourth-order valence-corrected chi connectivity index (χ4v) is 4.71. The van der Waals surface area contributed by atoms with Crippen LogP contribution in [0.3, 0.4) is 0 Å². The Hall–Kier alpha value is -2.45. The molecule has 1 aliphatic heterocycles. The van der Waals surface area contributed by atoms with Crippen molar-refractivity contribution in [1.29, 1.82) is 0 Å². The summed E-state index contributed by atoms with van der Waals surface area (Å²) in [6.07, 6.45) is 7.91. The molecule has 0 atom stereocenters. The molecule has 8 nitrogen and oxygen atoms in total. The molecule has 0 aliphatic carbocycles. The van der Waals surface area contributed by atoms with Crippen LogP contribution in [0.4, 0.5) is 0 Å². The molecule has 0 radical (unpaired) electrons. The molecule has 206 valence electrons. The summed E-state index contributed by atoms with van der Waals surface area (Å²) in [6, 6.07) is 3.67. The third-order valence-electron chi connectivity index (χ3n) is 7.00. The Morgan fingerprint density at radius 2 is 1.70 bits per heavy atom. The molecule has 0 bridgehead atoms. The van der Waals surface area contributed by atoms with Crippen molar-refractivity contribution in [3.63, 3.8) is 0 Å². The SMILES string of the molecule is COCCOC(=O)c1nc2ccc(C(=O)N(CCC(C)C)CCC(C)C)cn2c1CCCN1CCCC1. The minimum atomic E-state index is -0.444. The highest BCUT2D eigenvalue weighted by molar-refractivity contribution is 5.95.